The van der Waals surface area contributed by atoms with Gasteiger partial charge < -0.3 is 19.7 Å². The van der Waals surface area contributed by atoms with Crippen molar-refractivity contribution in [3.63, 3.8) is 0 Å². The predicted octanol–water partition coefficient (Wildman–Crippen LogP) is 3.05. The van der Waals surface area contributed by atoms with Gasteiger partial charge in [0.25, 0.3) is 0 Å². The van der Waals surface area contributed by atoms with Crippen molar-refractivity contribution in [2.24, 2.45) is 0 Å². The number of rotatable bonds is 4. The summed E-state index contributed by atoms with van der Waals surface area (Å²) >= 11 is 0. The lowest BCUT2D eigenvalue weighted by Gasteiger charge is -2.21. The minimum absolute atomic E-state index is 0.141. The monoisotopic (exact) mass is 285 g/mol. The summed E-state index contributed by atoms with van der Waals surface area (Å²) in [6.07, 6.45) is 1.80. The molecule has 1 aromatic carbocycles. The van der Waals surface area contributed by atoms with Gasteiger partial charge in [-0.1, -0.05) is 6.07 Å². The molecule has 0 saturated carbocycles. The third-order valence-corrected chi connectivity index (χ3v) is 3.48. The molecule has 1 aliphatic rings. The van der Waals surface area contributed by atoms with E-state index in [0.717, 1.165) is 28.6 Å². The normalized spacial score (nSPS) is 13.9. The lowest BCUT2D eigenvalue weighted by Crippen LogP contribution is -2.15. The number of hydrogen-bond donors (Lipinski definition) is 1. The van der Waals surface area contributed by atoms with Crippen molar-refractivity contribution in [1.82, 2.24) is 4.98 Å². The summed E-state index contributed by atoms with van der Waals surface area (Å²) in [6, 6.07) is 10.1. The van der Waals surface area contributed by atoms with Gasteiger partial charge in [-0.3, -0.25) is 0 Å². The van der Waals surface area contributed by atoms with Crippen molar-refractivity contribution in [2.75, 3.05) is 31.1 Å². The zero-order chi connectivity index (χ0) is 14.8. The molecular weight excluding hydrogens is 266 g/mol. The zero-order valence-electron chi connectivity index (χ0n) is 12.5. The molecule has 3 rings (SSSR count). The van der Waals surface area contributed by atoms with E-state index in [-0.39, 0.29) is 6.04 Å². The maximum atomic E-state index is 5.43. The van der Waals surface area contributed by atoms with Crippen LogP contribution in [0.3, 0.4) is 0 Å². The minimum atomic E-state index is 0.141. The first-order valence-corrected chi connectivity index (χ1v) is 6.93. The second kappa shape index (κ2) is 5.52. The number of anilines is 2. The van der Waals surface area contributed by atoms with Crippen LogP contribution in [0.5, 0.6) is 11.5 Å². The Morgan fingerprint density at radius 2 is 2.00 bits per heavy atom. The Labute approximate surface area is 124 Å². The van der Waals surface area contributed by atoms with Gasteiger partial charge in [-0.25, -0.2) is 4.98 Å². The molecule has 0 bridgehead atoms. The van der Waals surface area contributed by atoms with E-state index >= 15 is 0 Å². The molecule has 0 radical (unpaired) electrons. The average molecular weight is 285 g/mol. The molecule has 0 spiro atoms. The van der Waals surface area contributed by atoms with E-state index in [4.69, 9.17) is 9.47 Å². The largest absolute Gasteiger partial charge is 0.454 e. The maximum Gasteiger partial charge on any atom is 0.231 e. The maximum absolute atomic E-state index is 5.43. The van der Waals surface area contributed by atoms with E-state index in [1.54, 1.807) is 6.20 Å². The zero-order valence-corrected chi connectivity index (χ0v) is 12.5. The first-order chi connectivity index (χ1) is 10.1. The fraction of sp³-hybridized carbons (Fsp3) is 0.312. The number of ether oxygens (including phenoxy) is 2. The van der Waals surface area contributed by atoms with Crippen LogP contribution in [0.25, 0.3) is 0 Å². The van der Waals surface area contributed by atoms with Crippen molar-refractivity contribution >= 4 is 11.5 Å². The van der Waals surface area contributed by atoms with E-state index in [2.05, 4.69) is 23.3 Å². The molecule has 2 aromatic rings. The van der Waals surface area contributed by atoms with E-state index in [9.17, 15) is 0 Å². The molecule has 110 valence electrons. The van der Waals surface area contributed by atoms with Crippen molar-refractivity contribution in [3.05, 3.63) is 42.1 Å². The van der Waals surface area contributed by atoms with E-state index < -0.39 is 0 Å². The molecular formula is C16H19N3O2. The van der Waals surface area contributed by atoms with Crippen molar-refractivity contribution < 1.29 is 9.47 Å². The number of nitrogens with one attached hydrogen (secondary N) is 1. The van der Waals surface area contributed by atoms with Crippen LogP contribution in [-0.4, -0.2) is 25.9 Å². The highest BCUT2D eigenvalue weighted by molar-refractivity contribution is 5.65. The van der Waals surface area contributed by atoms with Crippen molar-refractivity contribution in [3.8, 4) is 11.5 Å². The SMILES string of the molecule is CC(Nc1cccnc1N(C)C)c1ccc2c(c1)OCO2. The Bertz CT molecular complexity index is 643. The Hall–Kier alpha value is -2.43. The average Bonchev–Trinajstić information content (AvgIpc) is 2.94. The minimum Gasteiger partial charge on any atom is -0.454 e. The van der Waals surface area contributed by atoms with Gasteiger partial charge in [0.05, 0.1) is 5.69 Å². The van der Waals surface area contributed by atoms with E-state index in [1.165, 1.54) is 0 Å². The number of aromatic nitrogens is 1. The first-order valence-electron chi connectivity index (χ1n) is 6.93. The quantitative estimate of drug-likeness (QED) is 0.935. The van der Waals surface area contributed by atoms with Gasteiger partial charge in [-0.05, 0) is 36.8 Å². The Kier molecular flexibility index (Phi) is 3.56. The highest BCUT2D eigenvalue weighted by atomic mass is 16.7. The highest BCUT2D eigenvalue weighted by Crippen LogP contribution is 2.35. The summed E-state index contributed by atoms with van der Waals surface area (Å²) in [5.74, 6) is 2.53. The molecule has 5 heteroatoms. The summed E-state index contributed by atoms with van der Waals surface area (Å²) in [5, 5.41) is 3.50. The molecule has 1 aromatic heterocycles. The number of hydrogen-bond acceptors (Lipinski definition) is 5. The summed E-state index contributed by atoms with van der Waals surface area (Å²) in [5.41, 5.74) is 2.15. The molecule has 0 saturated heterocycles. The second-order valence-electron chi connectivity index (χ2n) is 5.25. The van der Waals surface area contributed by atoms with Gasteiger partial charge in [-0.2, -0.15) is 0 Å². The lowest BCUT2D eigenvalue weighted by atomic mass is 10.1. The van der Waals surface area contributed by atoms with Gasteiger partial charge >= 0.3 is 0 Å². The number of fused-ring (bicyclic) bond motifs is 1. The summed E-state index contributed by atoms with van der Waals surface area (Å²) in [6.45, 7) is 2.41. The van der Waals surface area contributed by atoms with Crippen LogP contribution in [0.4, 0.5) is 11.5 Å². The number of pyridine rings is 1. The van der Waals surface area contributed by atoms with Crippen molar-refractivity contribution in [1.29, 1.82) is 0 Å². The lowest BCUT2D eigenvalue weighted by molar-refractivity contribution is 0.174. The standard InChI is InChI=1S/C16H19N3O2/c1-11(12-6-7-14-15(9-12)21-10-20-14)18-13-5-4-8-17-16(13)19(2)3/h4-9,11,18H,10H2,1-3H3. The van der Waals surface area contributed by atoms with Gasteiger partial charge in [0.2, 0.25) is 6.79 Å². The Morgan fingerprint density at radius 3 is 2.81 bits per heavy atom. The molecule has 1 aliphatic heterocycles. The smallest absolute Gasteiger partial charge is 0.231 e. The molecule has 0 fully saturated rings. The Balaban J connectivity index is 1.82. The fourth-order valence-electron chi connectivity index (χ4n) is 2.37. The first kappa shape index (κ1) is 13.5. The molecule has 21 heavy (non-hydrogen) atoms. The molecule has 0 amide bonds. The van der Waals surface area contributed by atoms with Crippen molar-refractivity contribution in [2.45, 2.75) is 13.0 Å². The van der Waals surface area contributed by atoms with Crippen LogP contribution in [-0.2, 0) is 0 Å². The molecule has 1 unspecified atom stereocenters. The van der Waals surface area contributed by atoms with E-state index in [1.807, 2.05) is 43.3 Å². The van der Waals surface area contributed by atoms with Gasteiger partial charge in [0, 0.05) is 26.3 Å². The van der Waals surface area contributed by atoms with E-state index in [0.29, 0.717) is 6.79 Å². The summed E-state index contributed by atoms with van der Waals surface area (Å²) < 4.78 is 10.8. The third kappa shape index (κ3) is 2.72. The van der Waals surface area contributed by atoms with Gasteiger partial charge in [0.15, 0.2) is 17.3 Å². The summed E-state index contributed by atoms with van der Waals surface area (Å²) in [7, 11) is 3.97. The molecule has 0 aliphatic carbocycles. The van der Waals surface area contributed by atoms with Gasteiger partial charge in [0.1, 0.15) is 0 Å². The molecule has 2 heterocycles. The second-order valence-corrected chi connectivity index (χ2v) is 5.25. The van der Waals surface area contributed by atoms with Crippen LogP contribution in [0.1, 0.15) is 18.5 Å². The van der Waals surface area contributed by atoms with Crippen LogP contribution >= 0.6 is 0 Å². The fourth-order valence-corrected chi connectivity index (χ4v) is 2.37. The molecule has 5 nitrogen and oxygen atoms in total. The predicted molar refractivity (Wildman–Crippen MR) is 83.2 cm³/mol. The van der Waals surface area contributed by atoms with Crippen LogP contribution < -0.4 is 19.7 Å². The van der Waals surface area contributed by atoms with Crippen LogP contribution in [0, 0.1) is 0 Å². The topological polar surface area (TPSA) is 46.6 Å². The van der Waals surface area contributed by atoms with Gasteiger partial charge in [-0.15, -0.1) is 0 Å². The third-order valence-electron chi connectivity index (χ3n) is 3.48. The Morgan fingerprint density at radius 1 is 1.19 bits per heavy atom. The van der Waals surface area contributed by atoms with Crippen LogP contribution in [0.15, 0.2) is 36.5 Å². The number of nitrogens with zero attached hydrogens (tertiary/aromatic N) is 2. The van der Waals surface area contributed by atoms with Crippen LogP contribution in [0.2, 0.25) is 0 Å². The molecule has 1 N–H and O–H groups in total. The number of benzene rings is 1. The molecule has 1 atom stereocenters. The summed E-state index contributed by atoms with van der Waals surface area (Å²) in [4.78, 5) is 6.40. The highest BCUT2D eigenvalue weighted by Gasteiger charge is 2.16.